The normalized spacial score (nSPS) is 11.2. The Morgan fingerprint density at radius 3 is 2.79 bits per heavy atom. The summed E-state index contributed by atoms with van der Waals surface area (Å²) < 4.78 is 0. The van der Waals surface area contributed by atoms with Gasteiger partial charge in [0.2, 0.25) is 0 Å². The zero-order chi connectivity index (χ0) is 14.5. The summed E-state index contributed by atoms with van der Waals surface area (Å²) in [6, 6.07) is 3.42. The Kier molecular flexibility index (Phi) is 5.30. The first-order chi connectivity index (χ1) is 8.92. The molecule has 1 aromatic heterocycles. The molecule has 2 N–H and O–H groups in total. The number of rotatable bonds is 6. The van der Waals surface area contributed by atoms with Crippen molar-refractivity contribution in [2.24, 2.45) is 0 Å². The number of likely N-dealkylation sites (N-methyl/N-ethyl adjacent to an activating group) is 1. The van der Waals surface area contributed by atoms with Gasteiger partial charge in [-0.1, -0.05) is 6.92 Å². The van der Waals surface area contributed by atoms with Crippen LogP contribution in [-0.4, -0.2) is 46.6 Å². The van der Waals surface area contributed by atoms with Crippen LogP contribution in [0.5, 0.6) is 0 Å². The van der Waals surface area contributed by atoms with Crippen molar-refractivity contribution < 1.29 is 9.90 Å². The van der Waals surface area contributed by atoms with E-state index >= 15 is 0 Å². The zero-order valence-corrected chi connectivity index (χ0v) is 12.1. The number of anilines is 1. The lowest BCUT2D eigenvalue weighted by atomic mass is 10.0. The quantitative estimate of drug-likeness (QED) is 0.822. The van der Waals surface area contributed by atoms with Gasteiger partial charge in [-0.05, 0) is 32.4 Å². The van der Waals surface area contributed by atoms with E-state index in [1.165, 1.54) is 0 Å². The van der Waals surface area contributed by atoms with Gasteiger partial charge in [0.15, 0.2) is 0 Å². The van der Waals surface area contributed by atoms with Crippen LogP contribution in [0, 0.1) is 0 Å². The van der Waals surface area contributed by atoms with Gasteiger partial charge in [0, 0.05) is 25.4 Å². The van der Waals surface area contributed by atoms with Crippen molar-refractivity contribution in [2.45, 2.75) is 32.7 Å². The highest BCUT2D eigenvalue weighted by Crippen LogP contribution is 2.16. The highest BCUT2D eigenvalue weighted by Gasteiger charge is 2.27. The molecule has 0 unspecified atom stereocenters. The number of carbonyl (C=O) groups is 1. The van der Waals surface area contributed by atoms with E-state index in [4.69, 9.17) is 0 Å². The fourth-order valence-corrected chi connectivity index (χ4v) is 1.49. The predicted molar refractivity (Wildman–Crippen MR) is 76.3 cm³/mol. The molecule has 0 saturated heterocycles. The summed E-state index contributed by atoms with van der Waals surface area (Å²) in [5, 5.41) is 12.5. The predicted octanol–water partition coefficient (Wildman–Crippen LogP) is 1.75. The summed E-state index contributed by atoms with van der Waals surface area (Å²) in [6.07, 6.45) is 2.61. The zero-order valence-electron chi connectivity index (χ0n) is 12.1. The lowest BCUT2D eigenvalue weighted by Gasteiger charge is -2.34. The van der Waals surface area contributed by atoms with Crippen LogP contribution in [0.15, 0.2) is 18.3 Å². The Morgan fingerprint density at radius 1 is 1.53 bits per heavy atom. The van der Waals surface area contributed by atoms with E-state index in [0.717, 1.165) is 13.0 Å². The summed E-state index contributed by atoms with van der Waals surface area (Å²) in [7, 11) is 1.69. The molecule has 19 heavy (non-hydrogen) atoms. The number of nitrogens with one attached hydrogen (secondary N) is 1. The molecular weight excluding hydrogens is 242 g/mol. The number of amides is 1. The molecule has 5 heteroatoms. The number of pyridine rings is 1. The van der Waals surface area contributed by atoms with Gasteiger partial charge >= 0.3 is 0 Å². The molecule has 0 aliphatic carbocycles. The molecule has 1 amide bonds. The summed E-state index contributed by atoms with van der Waals surface area (Å²) in [5.74, 6) is 0.573. The maximum absolute atomic E-state index is 12.3. The first-order valence-electron chi connectivity index (χ1n) is 6.51. The Labute approximate surface area is 114 Å². The minimum atomic E-state index is -0.586. The van der Waals surface area contributed by atoms with Crippen LogP contribution in [0.4, 0.5) is 5.82 Å². The minimum Gasteiger partial charge on any atom is -0.394 e. The fourth-order valence-electron chi connectivity index (χ4n) is 1.49. The second-order valence-corrected chi connectivity index (χ2v) is 5.19. The maximum atomic E-state index is 12.3. The van der Waals surface area contributed by atoms with Gasteiger partial charge in [0.05, 0.1) is 12.1 Å². The van der Waals surface area contributed by atoms with Crippen molar-refractivity contribution >= 4 is 11.7 Å². The van der Waals surface area contributed by atoms with Crippen LogP contribution >= 0.6 is 0 Å². The molecule has 106 valence electrons. The third kappa shape index (κ3) is 3.92. The van der Waals surface area contributed by atoms with Crippen molar-refractivity contribution in [2.75, 3.05) is 25.5 Å². The number of aliphatic hydroxyl groups is 1. The molecule has 0 saturated carbocycles. The molecule has 0 spiro atoms. The average molecular weight is 265 g/mol. The summed E-state index contributed by atoms with van der Waals surface area (Å²) in [4.78, 5) is 18.1. The van der Waals surface area contributed by atoms with E-state index in [9.17, 15) is 9.90 Å². The van der Waals surface area contributed by atoms with Crippen molar-refractivity contribution in [1.29, 1.82) is 0 Å². The largest absolute Gasteiger partial charge is 0.394 e. The average Bonchev–Trinajstić information content (AvgIpc) is 2.43. The van der Waals surface area contributed by atoms with Crippen LogP contribution in [-0.2, 0) is 0 Å². The Bertz CT molecular complexity index is 432. The molecule has 0 bridgehead atoms. The number of hydrogen-bond acceptors (Lipinski definition) is 4. The molecule has 5 nitrogen and oxygen atoms in total. The molecule has 0 radical (unpaired) electrons. The molecule has 1 aromatic rings. The van der Waals surface area contributed by atoms with Gasteiger partial charge in [-0.25, -0.2) is 4.98 Å². The van der Waals surface area contributed by atoms with E-state index in [1.54, 1.807) is 30.3 Å². The highest BCUT2D eigenvalue weighted by atomic mass is 16.3. The topological polar surface area (TPSA) is 65.5 Å². The van der Waals surface area contributed by atoms with Crippen LogP contribution in [0.25, 0.3) is 0 Å². The molecule has 1 heterocycles. The van der Waals surface area contributed by atoms with E-state index in [2.05, 4.69) is 17.2 Å². The number of carbonyl (C=O) groups excluding carboxylic acids is 1. The minimum absolute atomic E-state index is 0.0821. The second kappa shape index (κ2) is 6.52. The van der Waals surface area contributed by atoms with Crippen LogP contribution in [0.3, 0.4) is 0 Å². The highest BCUT2D eigenvalue weighted by molar-refractivity contribution is 5.95. The van der Waals surface area contributed by atoms with E-state index < -0.39 is 5.54 Å². The summed E-state index contributed by atoms with van der Waals surface area (Å²) >= 11 is 0. The number of nitrogens with zero attached hydrogens (tertiary/aromatic N) is 2. The molecule has 0 aliphatic rings. The van der Waals surface area contributed by atoms with Crippen molar-refractivity contribution in [1.82, 2.24) is 9.88 Å². The molecular formula is C14H23N3O2. The lowest BCUT2D eigenvalue weighted by Crippen LogP contribution is -2.47. The monoisotopic (exact) mass is 265 g/mol. The molecule has 0 aromatic carbocycles. The summed E-state index contributed by atoms with van der Waals surface area (Å²) in [5.41, 5.74) is -0.0187. The first-order valence-corrected chi connectivity index (χ1v) is 6.51. The third-order valence-corrected chi connectivity index (χ3v) is 3.16. The van der Waals surface area contributed by atoms with Gasteiger partial charge < -0.3 is 15.3 Å². The number of hydrogen-bond donors (Lipinski definition) is 2. The van der Waals surface area contributed by atoms with Gasteiger partial charge in [-0.15, -0.1) is 0 Å². The second-order valence-electron chi connectivity index (χ2n) is 5.19. The van der Waals surface area contributed by atoms with Gasteiger partial charge in [-0.2, -0.15) is 0 Å². The van der Waals surface area contributed by atoms with Crippen molar-refractivity contribution in [3.63, 3.8) is 0 Å². The third-order valence-electron chi connectivity index (χ3n) is 3.16. The SMILES string of the molecule is CCCNc1cc(C(=O)N(C)C(C)(C)CO)ccn1. The first kappa shape index (κ1) is 15.4. The lowest BCUT2D eigenvalue weighted by molar-refractivity contribution is 0.0473. The van der Waals surface area contributed by atoms with Gasteiger partial charge in [-0.3, -0.25) is 4.79 Å². The smallest absolute Gasteiger partial charge is 0.254 e. The Hall–Kier alpha value is -1.62. The van der Waals surface area contributed by atoms with E-state index in [1.807, 2.05) is 13.8 Å². The van der Waals surface area contributed by atoms with Gasteiger partial charge in [0.25, 0.3) is 5.91 Å². The maximum Gasteiger partial charge on any atom is 0.254 e. The Morgan fingerprint density at radius 2 is 2.21 bits per heavy atom. The molecule has 0 fully saturated rings. The molecule has 1 rings (SSSR count). The van der Waals surface area contributed by atoms with Crippen molar-refractivity contribution in [3.05, 3.63) is 23.9 Å². The van der Waals surface area contributed by atoms with Crippen LogP contribution in [0.1, 0.15) is 37.6 Å². The molecule has 0 atom stereocenters. The number of aromatic nitrogens is 1. The van der Waals surface area contributed by atoms with Gasteiger partial charge in [0.1, 0.15) is 5.82 Å². The van der Waals surface area contributed by atoms with Crippen LogP contribution < -0.4 is 5.32 Å². The summed E-state index contributed by atoms with van der Waals surface area (Å²) in [6.45, 7) is 6.45. The molecule has 0 aliphatic heterocycles. The Balaban J connectivity index is 2.88. The fraction of sp³-hybridized carbons (Fsp3) is 0.571. The standard InChI is InChI=1S/C14H23N3O2/c1-5-7-15-12-9-11(6-8-16-12)13(19)17(4)14(2,3)10-18/h6,8-9,18H,5,7,10H2,1-4H3,(H,15,16). The number of aliphatic hydroxyl groups excluding tert-OH is 1. The van der Waals surface area contributed by atoms with E-state index in [0.29, 0.717) is 11.4 Å². The van der Waals surface area contributed by atoms with E-state index in [-0.39, 0.29) is 12.5 Å². The van der Waals surface area contributed by atoms with Crippen LogP contribution in [0.2, 0.25) is 0 Å². The van der Waals surface area contributed by atoms with Crippen molar-refractivity contribution in [3.8, 4) is 0 Å².